The first kappa shape index (κ1) is 22.1. The summed E-state index contributed by atoms with van der Waals surface area (Å²) in [4.78, 5) is 16.0. The van der Waals surface area contributed by atoms with Gasteiger partial charge in [-0.05, 0) is 61.2 Å². The van der Waals surface area contributed by atoms with Gasteiger partial charge in [-0.2, -0.15) is 0 Å². The highest BCUT2D eigenvalue weighted by Crippen LogP contribution is 2.50. The van der Waals surface area contributed by atoms with Crippen LogP contribution in [-0.4, -0.2) is 32.5 Å². The first-order valence-electron chi connectivity index (χ1n) is 10.8. The number of esters is 1. The lowest BCUT2D eigenvalue weighted by molar-refractivity contribution is -0.146. The summed E-state index contributed by atoms with van der Waals surface area (Å²) in [7, 11) is -1.82. The van der Waals surface area contributed by atoms with Crippen LogP contribution in [-0.2, 0) is 24.8 Å². The Hall–Kier alpha value is -1.59. The number of hydrogen-bond acceptors (Lipinski definition) is 3. The van der Waals surface area contributed by atoms with E-state index >= 15 is 0 Å². The van der Waals surface area contributed by atoms with E-state index in [1.54, 1.807) is 0 Å². The molecule has 1 aliphatic carbocycles. The molecule has 3 rings (SSSR count). The lowest BCUT2D eigenvalue weighted by atomic mass is 9.84. The summed E-state index contributed by atoms with van der Waals surface area (Å²) < 4.78 is 11.9. The summed E-state index contributed by atoms with van der Waals surface area (Å²) in [5.41, 5.74) is 2.84. The molecule has 1 aromatic heterocycles. The van der Waals surface area contributed by atoms with Gasteiger partial charge in [0, 0.05) is 29.1 Å². The number of carbonyl (C=O) groups excluding carboxylic acids is 1. The predicted molar refractivity (Wildman–Crippen MR) is 122 cm³/mol. The fourth-order valence-electron chi connectivity index (χ4n) is 3.64. The van der Waals surface area contributed by atoms with Crippen LogP contribution >= 0.6 is 0 Å². The highest BCUT2D eigenvalue weighted by Gasteiger charge is 2.53. The van der Waals surface area contributed by atoms with Crippen molar-refractivity contribution in [1.82, 2.24) is 4.98 Å². The van der Waals surface area contributed by atoms with Crippen LogP contribution in [0.5, 0.6) is 0 Å². The molecule has 0 unspecified atom stereocenters. The van der Waals surface area contributed by atoms with E-state index in [9.17, 15) is 4.79 Å². The van der Waals surface area contributed by atoms with Gasteiger partial charge in [-0.25, -0.2) is 0 Å². The van der Waals surface area contributed by atoms with E-state index in [0.717, 1.165) is 23.9 Å². The molecule has 0 saturated heterocycles. The van der Waals surface area contributed by atoms with Crippen LogP contribution in [0.25, 0.3) is 10.9 Å². The van der Waals surface area contributed by atoms with Gasteiger partial charge in [0.1, 0.15) is 0 Å². The lowest BCUT2D eigenvalue weighted by Gasteiger charge is -2.39. The van der Waals surface area contributed by atoms with E-state index in [0.29, 0.717) is 13.2 Å². The minimum absolute atomic E-state index is 0.0862. The Morgan fingerprint density at radius 2 is 1.83 bits per heavy atom. The Kier molecular flexibility index (Phi) is 5.54. The number of hydrogen-bond donors (Lipinski definition) is 1. The number of aromatic nitrogens is 1. The summed E-state index contributed by atoms with van der Waals surface area (Å²) in [5.74, 6) is -0.0862. The SMILES string of the molecule is CCOC(=O)C1(c2ccc3[nH]cc(C(C)(C)CO[Si](C)(C)C(C)(C)C)c3c2)CC1. The van der Waals surface area contributed by atoms with Crippen LogP contribution in [0, 0.1) is 0 Å². The van der Waals surface area contributed by atoms with Gasteiger partial charge < -0.3 is 14.1 Å². The summed E-state index contributed by atoms with van der Waals surface area (Å²) in [6.07, 6.45) is 3.84. The Morgan fingerprint density at radius 3 is 2.38 bits per heavy atom. The molecule has 0 atom stereocenters. The maximum absolute atomic E-state index is 12.5. The molecule has 160 valence electrons. The third kappa shape index (κ3) is 4.04. The van der Waals surface area contributed by atoms with Crippen LogP contribution in [0.2, 0.25) is 18.1 Å². The largest absolute Gasteiger partial charge is 0.465 e. The first-order chi connectivity index (χ1) is 13.3. The quantitative estimate of drug-likeness (QED) is 0.441. The first-order valence-corrected chi connectivity index (χ1v) is 13.7. The highest BCUT2D eigenvalue weighted by atomic mass is 28.4. The van der Waals surface area contributed by atoms with Crippen LogP contribution < -0.4 is 0 Å². The van der Waals surface area contributed by atoms with Gasteiger partial charge >= 0.3 is 5.97 Å². The monoisotopic (exact) mass is 415 g/mol. The zero-order valence-corrected chi connectivity index (χ0v) is 20.4. The molecule has 1 heterocycles. The van der Waals surface area contributed by atoms with Crippen molar-refractivity contribution >= 4 is 25.2 Å². The maximum atomic E-state index is 12.5. The smallest absolute Gasteiger partial charge is 0.316 e. The van der Waals surface area contributed by atoms with Gasteiger partial charge in [0.05, 0.1) is 12.0 Å². The van der Waals surface area contributed by atoms with E-state index in [1.807, 2.05) is 6.92 Å². The molecule has 0 bridgehead atoms. The molecule has 4 nitrogen and oxygen atoms in total. The van der Waals surface area contributed by atoms with Gasteiger partial charge in [-0.15, -0.1) is 0 Å². The number of benzene rings is 1. The van der Waals surface area contributed by atoms with E-state index < -0.39 is 13.7 Å². The van der Waals surface area contributed by atoms with Crippen LogP contribution in [0.4, 0.5) is 0 Å². The average molecular weight is 416 g/mol. The van der Waals surface area contributed by atoms with Gasteiger partial charge in [-0.1, -0.05) is 40.7 Å². The fourth-order valence-corrected chi connectivity index (χ4v) is 4.79. The second-order valence-electron chi connectivity index (χ2n) is 10.7. The molecule has 0 spiro atoms. The zero-order valence-electron chi connectivity index (χ0n) is 19.4. The predicted octanol–water partition coefficient (Wildman–Crippen LogP) is 6.06. The number of nitrogens with one attached hydrogen (secondary N) is 1. The average Bonchev–Trinajstić information content (AvgIpc) is 3.32. The second-order valence-corrected chi connectivity index (χ2v) is 15.5. The standard InChI is InChI=1S/C24H37NO3Si/c1-9-27-21(26)24(12-13-24)17-10-11-20-18(14-17)19(15-25-20)23(5,6)16-28-29(7,8)22(2,3)4/h10-11,14-15,25H,9,12-13,16H2,1-8H3. The topological polar surface area (TPSA) is 51.3 Å². The molecule has 1 N–H and O–H groups in total. The molecule has 1 aliphatic rings. The molecular formula is C24H37NO3Si. The van der Waals surface area contributed by atoms with Crippen molar-refractivity contribution in [3.63, 3.8) is 0 Å². The van der Waals surface area contributed by atoms with Crippen LogP contribution in [0.3, 0.4) is 0 Å². The third-order valence-electron chi connectivity index (χ3n) is 6.98. The minimum Gasteiger partial charge on any atom is -0.465 e. The van der Waals surface area contributed by atoms with Crippen molar-refractivity contribution in [2.24, 2.45) is 0 Å². The van der Waals surface area contributed by atoms with Gasteiger partial charge in [-0.3, -0.25) is 4.79 Å². The van der Waals surface area contributed by atoms with Gasteiger partial charge in [0.15, 0.2) is 8.32 Å². The number of ether oxygens (including phenoxy) is 1. The highest BCUT2D eigenvalue weighted by molar-refractivity contribution is 6.74. The van der Waals surface area contributed by atoms with Crippen molar-refractivity contribution in [2.75, 3.05) is 13.2 Å². The fraction of sp³-hybridized carbons (Fsp3) is 0.625. The van der Waals surface area contributed by atoms with E-state index in [1.165, 1.54) is 10.9 Å². The Labute approximate surface area is 176 Å². The number of aromatic amines is 1. The third-order valence-corrected chi connectivity index (χ3v) is 11.5. The van der Waals surface area contributed by atoms with Crippen molar-refractivity contribution < 1.29 is 14.0 Å². The summed E-state index contributed by atoms with van der Waals surface area (Å²) in [6, 6.07) is 6.36. The summed E-state index contributed by atoms with van der Waals surface area (Å²) in [6.45, 7) is 18.9. The summed E-state index contributed by atoms with van der Waals surface area (Å²) >= 11 is 0. The Bertz CT molecular complexity index is 900. The van der Waals surface area contributed by atoms with Crippen molar-refractivity contribution in [3.8, 4) is 0 Å². The molecule has 1 aromatic carbocycles. The number of H-pyrrole nitrogens is 1. The zero-order chi connectivity index (χ0) is 21.7. The van der Waals surface area contributed by atoms with Gasteiger partial charge in [0.2, 0.25) is 0 Å². The molecule has 0 radical (unpaired) electrons. The van der Waals surface area contributed by atoms with Crippen molar-refractivity contribution in [1.29, 1.82) is 0 Å². The lowest BCUT2D eigenvalue weighted by Crippen LogP contribution is -2.43. The minimum atomic E-state index is -1.82. The maximum Gasteiger partial charge on any atom is 0.316 e. The molecule has 1 saturated carbocycles. The molecule has 0 aliphatic heterocycles. The molecule has 2 aromatic rings. The summed E-state index contributed by atoms with van der Waals surface area (Å²) in [5, 5.41) is 1.37. The Morgan fingerprint density at radius 1 is 1.17 bits per heavy atom. The van der Waals surface area contributed by atoms with Crippen molar-refractivity contribution in [3.05, 3.63) is 35.5 Å². The van der Waals surface area contributed by atoms with E-state index in [-0.39, 0.29) is 16.4 Å². The molecule has 0 amide bonds. The molecule has 5 heteroatoms. The van der Waals surface area contributed by atoms with E-state index in [4.69, 9.17) is 9.16 Å². The van der Waals surface area contributed by atoms with E-state index in [2.05, 4.69) is 77.1 Å². The number of fused-ring (bicyclic) bond motifs is 1. The van der Waals surface area contributed by atoms with Crippen LogP contribution in [0.15, 0.2) is 24.4 Å². The second kappa shape index (κ2) is 7.27. The number of rotatable bonds is 7. The number of carbonyl (C=O) groups is 1. The Balaban J connectivity index is 1.91. The molecule has 1 fully saturated rings. The van der Waals surface area contributed by atoms with Crippen molar-refractivity contribution in [2.45, 2.75) is 83.3 Å². The van der Waals surface area contributed by atoms with Crippen LogP contribution in [0.1, 0.15) is 65.5 Å². The van der Waals surface area contributed by atoms with Gasteiger partial charge in [0.25, 0.3) is 0 Å². The molecule has 29 heavy (non-hydrogen) atoms. The molecular weight excluding hydrogens is 378 g/mol. The normalized spacial score (nSPS) is 16.8.